The number of aryl methyl sites for hydroxylation is 1. The standard InChI is InChI=1S/C26H25FN4O3S2/c1-18-4-2-6-23-24(18)29-26(35-23)31(17-19-5-3-13-28-16-19)25(32)20-11-14-30(15-12-20)36(33,34)22-9-7-21(27)8-10-22/h2-10,13,16,20H,11-12,14-15,17H2,1H3. The molecule has 186 valence electrons. The molecule has 7 nitrogen and oxygen atoms in total. The Kier molecular flexibility index (Phi) is 6.83. The predicted molar refractivity (Wildman–Crippen MR) is 138 cm³/mol. The fourth-order valence-corrected chi connectivity index (χ4v) is 6.94. The Hall–Kier alpha value is -3.21. The number of thiazole rings is 1. The lowest BCUT2D eigenvalue weighted by atomic mass is 9.96. The van der Waals surface area contributed by atoms with Gasteiger partial charge in [-0.3, -0.25) is 14.7 Å². The number of fused-ring (bicyclic) bond motifs is 1. The molecule has 2 aromatic carbocycles. The topological polar surface area (TPSA) is 83.5 Å². The van der Waals surface area contributed by atoms with Gasteiger partial charge in [-0.2, -0.15) is 4.31 Å². The quantitative estimate of drug-likeness (QED) is 0.363. The van der Waals surface area contributed by atoms with Gasteiger partial charge < -0.3 is 0 Å². The molecule has 3 heterocycles. The maximum Gasteiger partial charge on any atom is 0.243 e. The van der Waals surface area contributed by atoms with Crippen LogP contribution in [0.2, 0.25) is 0 Å². The van der Waals surface area contributed by atoms with Crippen molar-refractivity contribution >= 4 is 42.6 Å². The van der Waals surface area contributed by atoms with Gasteiger partial charge in [0.2, 0.25) is 15.9 Å². The first kappa shape index (κ1) is 24.5. The molecule has 1 aliphatic heterocycles. The molecule has 4 aromatic rings. The number of aromatic nitrogens is 2. The summed E-state index contributed by atoms with van der Waals surface area (Å²) in [6.07, 6.45) is 4.21. The van der Waals surface area contributed by atoms with Gasteiger partial charge in [0.05, 0.1) is 21.7 Å². The number of anilines is 1. The second-order valence-electron chi connectivity index (χ2n) is 8.84. The number of nitrogens with zero attached hydrogens (tertiary/aromatic N) is 4. The van der Waals surface area contributed by atoms with E-state index in [-0.39, 0.29) is 29.8 Å². The fourth-order valence-electron chi connectivity index (χ4n) is 4.42. The molecular weight excluding hydrogens is 499 g/mol. The molecular formula is C26H25FN4O3S2. The van der Waals surface area contributed by atoms with Crippen LogP contribution in [0.3, 0.4) is 0 Å². The van der Waals surface area contributed by atoms with E-state index in [0.717, 1.165) is 33.5 Å². The van der Waals surface area contributed by atoms with Gasteiger partial charge in [0.15, 0.2) is 5.13 Å². The van der Waals surface area contributed by atoms with Crippen LogP contribution in [0.25, 0.3) is 10.2 Å². The number of sulfonamides is 1. The van der Waals surface area contributed by atoms with Crippen molar-refractivity contribution in [3.8, 4) is 0 Å². The minimum absolute atomic E-state index is 0.0525. The lowest BCUT2D eigenvalue weighted by molar-refractivity contribution is -0.123. The lowest BCUT2D eigenvalue weighted by Gasteiger charge is -2.33. The first-order valence-corrected chi connectivity index (χ1v) is 13.9. The van der Waals surface area contributed by atoms with Crippen LogP contribution >= 0.6 is 11.3 Å². The van der Waals surface area contributed by atoms with Crippen molar-refractivity contribution in [3.05, 3.63) is 83.9 Å². The van der Waals surface area contributed by atoms with E-state index >= 15 is 0 Å². The first-order chi connectivity index (χ1) is 17.3. The van der Waals surface area contributed by atoms with Gasteiger partial charge in [0.1, 0.15) is 5.82 Å². The largest absolute Gasteiger partial charge is 0.283 e. The second-order valence-corrected chi connectivity index (χ2v) is 11.8. The monoisotopic (exact) mass is 524 g/mol. The molecule has 36 heavy (non-hydrogen) atoms. The van der Waals surface area contributed by atoms with E-state index in [1.54, 1.807) is 17.3 Å². The van der Waals surface area contributed by atoms with Crippen molar-refractivity contribution < 1.29 is 17.6 Å². The Balaban J connectivity index is 1.37. The number of rotatable bonds is 6. The van der Waals surface area contributed by atoms with E-state index in [2.05, 4.69) is 4.98 Å². The fraction of sp³-hybridized carbons (Fsp3) is 0.269. The van der Waals surface area contributed by atoms with Crippen LogP contribution in [0.4, 0.5) is 9.52 Å². The van der Waals surface area contributed by atoms with Crippen LogP contribution < -0.4 is 4.90 Å². The van der Waals surface area contributed by atoms with Gasteiger partial charge in [0, 0.05) is 31.4 Å². The van der Waals surface area contributed by atoms with Crippen molar-refractivity contribution in [2.75, 3.05) is 18.0 Å². The number of halogens is 1. The van der Waals surface area contributed by atoms with Gasteiger partial charge in [-0.05, 0) is 67.3 Å². The number of hydrogen-bond acceptors (Lipinski definition) is 6. The van der Waals surface area contributed by atoms with Crippen molar-refractivity contribution in [1.29, 1.82) is 0 Å². The highest BCUT2D eigenvalue weighted by atomic mass is 32.2. The molecule has 1 amide bonds. The lowest BCUT2D eigenvalue weighted by Crippen LogP contribution is -2.44. The minimum Gasteiger partial charge on any atom is -0.283 e. The minimum atomic E-state index is -3.75. The summed E-state index contributed by atoms with van der Waals surface area (Å²) in [5, 5.41) is 0.620. The Labute approximate surface area is 213 Å². The van der Waals surface area contributed by atoms with Gasteiger partial charge >= 0.3 is 0 Å². The van der Waals surface area contributed by atoms with Crippen LogP contribution in [-0.4, -0.2) is 41.7 Å². The third-order valence-electron chi connectivity index (χ3n) is 6.42. The summed E-state index contributed by atoms with van der Waals surface area (Å²) in [7, 11) is -3.75. The number of pyridine rings is 1. The molecule has 0 bridgehead atoms. The van der Waals surface area contributed by atoms with Crippen LogP contribution in [0.15, 0.2) is 71.9 Å². The maximum absolute atomic E-state index is 13.8. The molecule has 0 aliphatic carbocycles. The van der Waals surface area contributed by atoms with E-state index in [9.17, 15) is 17.6 Å². The maximum atomic E-state index is 13.8. The normalized spacial score (nSPS) is 15.3. The number of carbonyl (C=O) groups excluding carboxylic acids is 1. The second kappa shape index (κ2) is 10.0. The van der Waals surface area contributed by atoms with Crippen molar-refractivity contribution in [1.82, 2.24) is 14.3 Å². The summed E-state index contributed by atoms with van der Waals surface area (Å²) < 4.78 is 41.6. The van der Waals surface area contributed by atoms with E-state index < -0.39 is 15.8 Å². The molecule has 0 radical (unpaired) electrons. The SMILES string of the molecule is Cc1cccc2sc(N(Cc3cccnc3)C(=O)C3CCN(S(=O)(=O)c4ccc(F)cc4)CC3)nc12. The molecule has 1 aliphatic rings. The molecule has 10 heteroatoms. The van der Waals surface area contributed by atoms with Gasteiger partial charge in [-0.15, -0.1) is 0 Å². The summed E-state index contributed by atoms with van der Waals surface area (Å²) in [5.74, 6) is -0.902. The molecule has 5 rings (SSSR count). The third-order valence-corrected chi connectivity index (χ3v) is 9.38. The Morgan fingerprint density at radius 3 is 2.53 bits per heavy atom. The van der Waals surface area contributed by atoms with E-state index in [1.807, 2.05) is 37.3 Å². The molecule has 0 atom stereocenters. The average molecular weight is 525 g/mol. The molecule has 0 spiro atoms. The Bertz CT molecular complexity index is 1480. The number of amides is 1. The Morgan fingerprint density at radius 1 is 1.11 bits per heavy atom. The van der Waals surface area contributed by atoms with Crippen molar-refractivity contribution in [2.45, 2.75) is 31.2 Å². The predicted octanol–water partition coefficient (Wildman–Crippen LogP) is 4.77. The van der Waals surface area contributed by atoms with Crippen LogP contribution in [0, 0.1) is 18.7 Å². The van der Waals surface area contributed by atoms with Crippen molar-refractivity contribution in [2.24, 2.45) is 5.92 Å². The molecule has 2 aromatic heterocycles. The number of benzene rings is 2. The molecule has 1 saturated heterocycles. The highest BCUT2D eigenvalue weighted by Crippen LogP contribution is 2.34. The number of hydrogen-bond donors (Lipinski definition) is 0. The number of carbonyl (C=O) groups is 1. The Morgan fingerprint density at radius 2 is 1.86 bits per heavy atom. The first-order valence-electron chi connectivity index (χ1n) is 11.6. The highest BCUT2D eigenvalue weighted by Gasteiger charge is 2.35. The highest BCUT2D eigenvalue weighted by molar-refractivity contribution is 7.89. The molecule has 0 unspecified atom stereocenters. The smallest absolute Gasteiger partial charge is 0.243 e. The van der Waals surface area contributed by atoms with Crippen LogP contribution in [-0.2, 0) is 21.4 Å². The molecule has 1 fully saturated rings. The summed E-state index contributed by atoms with van der Waals surface area (Å²) in [6.45, 7) is 2.77. The summed E-state index contributed by atoms with van der Waals surface area (Å²) in [5.41, 5.74) is 2.81. The zero-order chi connectivity index (χ0) is 25.3. The number of para-hydroxylation sites is 1. The summed E-state index contributed by atoms with van der Waals surface area (Å²) >= 11 is 1.47. The van der Waals surface area contributed by atoms with E-state index in [0.29, 0.717) is 24.5 Å². The average Bonchev–Trinajstić information content (AvgIpc) is 3.33. The van der Waals surface area contributed by atoms with Crippen LogP contribution in [0.5, 0.6) is 0 Å². The summed E-state index contributed by atoms with van der Waals surface area (Å²) in [4.78, 5) is 24.5. The van der Waals surface area contributed by atoms with Gasteiger partial charge in [-0.25, -0.2) is 17.8 Å². The molecule has 0 saturated carbocycles. The van der Waals surface area contributed by atoms with Crippen LogP contribution in [0.1, 0.15) is 24.0 Å². The molecule has 0 N–H and O–H groups in total. The summed E-state index contributed by atoms with van der Waals surface area (Å²) in [6, 6.07) is 14.5. The number of piperidine rings is 1. The zero-order valence-corrected chi connectivity index (χ0v) is 21.3. The van der Waals surface area contributed by atoms with Gasteiger partial charge in [0.25, 0.3) is 0 Å². The van der Waals surface area contributed by atoms with Gasteiger partial charge in [-0.1, -0.05) is 29.5 Å². The zero-order valence-electron chi connectivity index (χ0n) is 19.7. The van der Waals surface area contributed by atoms with E-state index in [1.165, 1.54) is 27.8 Å². The third kappa shape index (κ3) is 4.88. The van der Waals surface area contributed by atoms with E-state index in [4.69, 9.17) is 4.98 Å². The van der Waals surface area contributed by atoms with Crippen molar-refractivity contribution in [3.63, 3.8) is 0 Å².